The van der Waals surface area contributed by atoms with E-state index in [-0.39, 0.29) is 11.8 Å². The summed E-state index contributed by atoms with van der Waals surface area (Å²) in [7, 11) is 1.59. The molecule has 6 nitrogen and oxygen atoms in total. The van der Waals surface area contributed by atoms with E-state index in [1.807, 2.05) is 60.0 Å². The number of benzene rings is 3. The topological polar surface area (TPSA) is 76.7 Å². The Bertz CT molecular complexity index is 1260. The summed E-state index contributed by atoms with van der Waals surface area (Å²) in [6, 6.07) is 25.9. The summed E-state index contributed by atoms with van der Waals surface area (Å²) in [5, 5.41) is 7.57. The Morgan fingerprint density at radius 1 is 0.824 bits per heavy atom. The van der Waals surface area contributed by atoms with Crippen molar-refractivity contribution in [3.05, 3.63) is 112 Å². The van der Waals surface area contributed by atoms with Crippen molar-refractivity contribution in [3.8, 4) is 11.5 Å². The zero-order valence-electron chi connectivity index (χ0n) is 18.6. The van der Waals surface area contributed by atoms with Crippen LogP contribution in [0, 0.1) is 0 Å². The van der Waals surface area contributed by atoms with E-state index in [9.17, 15) is 9.59 Å². The lowest BCUT2D eigenvalue weighted by atomic mass is 10.1. The van der Waals surface area contributed by atoms with E-state index in [0.717, 1.165) is 11.1 Å². The van der Waals surface area contributed by atoms with Crippen molar-refractivity contribution in [1.82, 2.24) is 5.32 Å². The molecule has 4 rings (SSSR count). The molecular formula is C27H24N2O4S. The van der Waals surface area contributed by atoms with Crippen molar-refractivity contribution in [3.63, 3.8) is 0 Å². The predicted molar refractivity (Wildman–Crippen MR) is 134 cm³/mol. The zero-order chi connectivity index (χ0) is 23.8. The van der Waals surface area contributed by atoms with Crippen LogP contribution >= 0.6 is 11.3 Å². The second-order valence-electron chi connectivity index (χ2n) is 7.45. The number of thiophene rings is 1. The van der Waals surface area contributed by atoms with Crippen LogP contribution in [0.4, 0.5) is 5.69 Å². The van der Waals surface area contributed by atoms with Crippen molar-refractivity contribution in [2.24, 2.45) is 0 Å². The molecule has 0 bridgehead atoms. The van der Waals surface area contributed by atoms with E-state index in [4.69, 9.17) is 9.47 Å². The lowest BCUT2D eigenvalue weighted by molar-refractivity contribution is 0.0949. The van der Waals surface area contributed by atoms with E-state index in [1.54, 1.807) is 37.4 Å². The third-order valence-corrected chi connectivity index (χ3v) is 5.91. The van der Waals surface area contributed by atoms with E-state index < -0.39 is 0 Å². The van der Waals surface area contributed by atoms with Crippen LogP contribution in [0.2, 0.25) is 0 Å². The summed E-state index contributed by atoms with van der Waals surface area (Å²) in [5.74, 6) is 0.793. The Balaban J connectivity index is 1.35. The number of carbonyl (C=O) groups excluding carboxylic acids is 2. The van der Waals surface area contributed by atoms with Gasteiger partial charge >= 0.3 is 0 Å². The van der Waals surface area contributed by atoms with E-state index >= 15 is 0 Å². The van der Waals surface area contributed by atoms with Gasteiger partial charge in [-0.05, 0) is 52.9 Å². The van der Waals surface area contributed by atoms with Crippen LogP contribution in [0.3, 0.4) is 0 Å². The average Bonchev–Trinajstić information content (AvgIpc) is 3.42. The first-order valence-corrected chi connectivity index (χ1v) is 11.6. The fraction of sp³-hybridized carbons (Fsp3) is 0.111. The lowest BCUT2D eigenvalue weighted by Gasteiger charge is -2.13. The molecule has 0 saturated heterocycles. The molecule has 0 fully saturated rings. The van der Waals surface area contributed by atoms with E-state index in [0.29, 0.717) is 40.8 Å². The quantitative estimate of drug-likeness (QED) is 0.336. The molecule has 1 aromatic heterocycles. The van der Waals surface area contributed by atoms with Crippen LogP contribution < -0.4 is 20.1 Å². The molecular weight excluding hydrogens is 448 g/mol. The van der Waals surface area contributed by atoms with Gasteiger partial charge in [0.1, 0.15) is 6.61 Å². The van der Waals surface area contributed by atoms with E-state index in [2.05, 4.69) is 10.6 Å². The molecule has 1 heterocycles. The Labute approximate surface area is 202 Å². The number of carbonyl (C=O) groups is 2. The standard InChI is InChI=1S/C27H24N2O4S/c1-32-24-15-20(12-13-23(24)33-18-19-7-3-2-4-8-19)17-28-26(30)21-9-5-10-22(16-21)29-27(31)25-11-6-14-34-25/h2-16H,17-18H2,1H3,(H,28,30)(H,29,31). The molecule has 0 unspecified atom stereocenters. The molecule has 0 saturated carbocycles. The molecule has 7 heteroatoms. The maximum absolute atomic E-state index is 12.7. The normalized spacial score (nSPS) is 10.4. The fourth-order valence-electron chi connectivity index (χ4n) is 3.30. The van der Waals surface area contributed by atoms with Gasteiger partial charge in [-0.2, -0.15) is 0 Å². The molecule has 0 atom stereocenters. The maximum atomic E-state index is 12.7. The molecule has 4 aromatic rings. The lowest BCUT2D eigenvalue weighted by Crippen LogP contribution is -2.23. The summed E-state index contributed by atoms with van der Waals surface area (Å²) < 4.78 is 11.4. The third kappa shape index (κ3) is 6.02. The highest BCUT2D eigenvalue weighted by atomic mass is 32.1. The van der Waals surface area contributed by atoms with Gasteiger partial charge in [-0.3, -0.25) is 9.59 Å². The Kier molecular flexibility index (Phi) is 7.57. The Hall–Kier alpha value is -4.10. The van der Waals surface area contributed by atoms with Crippen LogP contribution in [0.5, 0.6) is 11.5 Å². The van der Waals surface area contributed by atoms with Gasteiger partial charge in [0, 0.05) is 17.8 Å². The highest BCUT2D eigenvalue weighted by Crippen LogP contribution is 2.29. The fourth-order valence-corrected chi connectivity index (χ4v) is 3.92. The number of nitrogens with one attached hydrogen (secondary N) is 2. The Morgan fingerprint density at radius 2 is 1.68 bits per heavy atom. The summed E-state index contributed by atoms with van der Waals surface area (Å²) in [5.41, 5.74) is 2.96. The number of ether oxygens (including phenoxy) is 2. The third-order valence-electron chi connectivity index (χ3n) is 5.05. The minimum absolute atomic E-state index is 0.200. The summed E-state index contributed by atoms with van der Waals surface area (Å²) >= 11 is 1.36. The highest BCUT2D eigenvalue weighted by molar-refractivity contribution is 7.12. The first kappa shape index (κ1) is 23.1. The molecule has 3 aromatic carbocycles. The predicted octanol–water partition coefficient (Wildman–Crippen LogP) is 5.52. The van der Waals surface area contributed by atoms with Crippen LogP contribution in [-0.4, -0.2) is 18.9 Å². The van der Waals surface area contributed by atoms with E-state index in [1.165, 1.54) is 11.3 Å². The molecule has 0 radical (unpaired) electrons. The molecule has 0 aliphatic heterocycles. The molecule has 0 spiro atoms. The van der Waals surface area contributed by atoms with Crippen LogP contribution in [-0.2, 0) is 13.2 Å². The first-order valence-electron chi connectivity index (χ1n) is 10.7. The molecule has 172 valence electrons. The van der Waals surface area contributed by atoms with Gasteiger partial charge in [-0.15, -0.1) is 11.3 Å². The monoisotopic (exact) mass is 472 g/mol. The summed E-state index contributed by atoms with van der Waals surface area (Å²) in [6.07, 6.45) is 0. The zero-order valence-corrected chi connectivity index (χ0v) is 19.4. The second kappa shape index (κ2) is 11.2. The van der Waals surface area contributed by atoms with Gasteiger partial charge in [-0.25, -0.2) is 0 Å². The number of anilines is 1. The highest BCUT2D eigenvalue weighted by Gasteiger charge is 2.11. The number of rotatable bonds is 9. The van der Waals surface area contributed by atoms with Gasteiger partial charge in [0.2, 0.25) is 0 Å². The largest absolute Gasteiger partial charge is 0.493 e. The van der Waals surface area contributed by atoms with Gasteiger partial charge in [-0.1, -0.05) is 48.5 Å². The number of amides is 2. The van der Waals surface area contributed by atoms with Crippen molar-refractivity contribution >= 4 is 28.8 Å². The number of hydrogen-bond acceptors (Lipinski definition) is 5. The SMILES string of the molecule is COc1cc(CNC(=O)c2cccc(NC(=O)c3cccs3)c2)ccc1OCc1ccccc1. The Morgan fingerprint density at radius 3 is 2.44 bits per heavy atom. The van der Waals surface area contributed by atoms with Gasteiger partial charge < -0.3 is 20.1 Å². The van der Waals surface area contributed by atoms with Crippen molar-refractivity contribution < 1.29 is 19.1 Å². The van der Waals surface area contributed by atoms with Crippen molar-refractivity contribution in [1.29, 1.82) is 0 Å². The molecule has 2 N–H and O–H groups in total. The van der Waals surface area contributed by atoms with Crippen molar-refractivity contribution in [2.45, 2.75) is 13.2 Å². The molecule has 0 aliphatic rings. The number of methoxy groups -OCH3 is 1. The van der Waals surface area contributed by atoms with Gasteiger partial charge in [0.25, 0.3) is 11.8 Å². The smallest absolute Gasteiger partial charge is 0.265 e. The van der Waals surface area contributed by atoms with Crippen molar-refractivity contribution in [2.75, 3.05) is 12.4 Å². The second-order valence-corrected chi connectivity index (χ2v) is 8.40. The molecule has 0 aliphatic carbocycles. The van der Waals surface area contributed by atoms with Crippen LogP contribution in [0.1, 0.15) is 31.2 Å². The molecule has 2 amide bonds. The maximum Gasteiger partial charge on any atom is 0.265 e. The van der Waals surface area contributed by atoms with Crippen LogP contribution in [0.15, 0.2) is 90.3 Å². The first-order chi connectivity index (χ1) is 16.6. The van der Waals surface area contributed by atoms with Crippen LogP contribution in [0.25, 0.3) is 0 Å². The molecule has 34 heavy (non-hydrogen) atoms. The number of hydrogen-bond donors (Lipinski definition) is 2. The average molecular weight is 473 g/mol. The summed E-state index contributed by atoms with van der Waals surface area (Å²) in [6.45, 7) is 0.757. The minimum atomic E-state index is -0.240. The van der Waals surface area contributed by atoms with Gasteiger partial charge in [0.05, 0.1) is 12.0 Å². The summed E-state index contributed by atoms with van der Waals surface area (Å²) in [4.78, 5) is 25.6. The van der Waals surface area contributed by atoms with Gasteiger partial charge in [0.15, 0.2) is 11.5 Å². The minimum Gasteiger partial charge on any atom is -0.493 e.